The Morgan fingerprint density at radius 1 is 1.06 bits per heavy atom. The van der Waals surface area contributed by atoms with Crippen LogP contribution in [0.5, 0.6) is 0 Å². The molecule has 1 aliphatic rings. The molecule has 7 nitrogen and oxygen atoms in total. The van der Waals surface area contributed by atoms with Gasteiger partial charge in [-0.3, -0.25) is 4.79 Å². The van der Waals surface area contributed by atoms with Gasteiger partial charge in [-0.15, -0.1) is 11.3 Å². The van der Waals surface area contributed by atoms with Crippen molar-refractivity contribution >= 4 is 39.9 Å². The Morgan fingerprint density at radius 2 is 1.87 bits per heavy atom. The summed E-state index contributed by atoms with van der Waals surface area (Å²) in [6.07, 6.45) is 4.62. The molecule has 0 fully saturated rings. The average Bonchev–Trinajstić information content (AvgIpc) is 3.14. The number of hydrogen-bond donors (Lipinski definition) is 2. The molecule has 166 valence electrons. The first-order valence-electron chi connectivity index (χ1n) is 10.7. The number of esters is 2. The van der Waals surface area contributed by atoms with Gasteiger partial charge >= 0.3 is 11.9 Å². The molecule has 1 aliphatic carbocycles. The third kappa shape index (κ3) is 5.85. The molecular formula is C23H28N2O5S. The molecule has 1 aromatic carbocycles. The monoisotopic (exact) mass is 444 g/mol. The maximum Gasteiger partial charge on any atom is 0.341 e. The van der Waals surface area contributed by atoms with E-state index in [4.69, 9.17) is 9.47 Å². The number of carbonyl (C=O) groups is 3. The highest BCUT2D eigenvalue weighted by atomic mass is 32.1. The fourth-order valence-corrected chi connectivity index (χ4v) is 4.75. The third-order valence-electron chi connectivity index (χ3n) is 4.89. The van der Waals surface area contributed by atoms with E-state index in [2.05, 4.69) is 10.6 Å². The summed E-state index contributed by atoms with van der Waals surface area (Å²) in [6.45, 7) is 4.35. The SMILES string of the molecule is CCCOC(=O)c1cccc(NCC(=O)Nc2sc3c(c2C(=O)OCC)CCCC3)c1. The average molecular weight is 445 g/mol. The number of ether oxygens (including phenoxy) is 2. The van der Waals surface area contributed by atoms with Crippen molar-refractivity contribution in [1.29, 1.82) is 0 Å². The maximum atomic E-state index is 12.6. The van der Waals surface area contributed by atoms with Crippen molar-refractivity contribution in [3.63, 3.8) is 0 Å². The van der Waals surface area contributed by atoms with Crippen LogP contribution in [0.1, 0.15) is 64.3 Å². The van der Waals surface area contributed by atoms with Crippen LogP contribution in [0.3, 0.4) is 0 Å². The second-order valence-corrected chi connectivity index (χ2v) is 8.36. The Balaban J connectivity index is 1.66. The van der Waals surface area contributed by atoms with E-state index in [1.54, 1.807) is 31.2 Å². The highest BCUT2D eigenvalue weighted by Crippen LogP contribution is 2.38. The second-order valence-electron chi connectivity index (χ2n) is 7.25. The summed E-state index contributed by atoms with van der Waals surface area (Å²) in [5.41, 5.74) is 2.57. The fraction of sp³-hybridized carbons (Fsp3) is 0.435. The van der Waals surface area contributed by atoms with Crippen LogP contribution in [-0.4, -0.2) is 37.6 Å². The number of benzene rings is 1. The number of nitrogens with one attached hydrogen (secondary N) is 2. The fourth-order valence-electron chi connectivity index (χ4n) is 3.46. The van der Waals surface area contributed by atoms with Crippen LogP contribution in [0.15, 0.2) is 24.3 Å². The predicted molar refractivity (Wildman–Crippen MR) is 121 cm³/mol. The van der Waals surface area contributed by atoms with Gasteiger partial charge in [0.1, 0.15) is 5.00 Å². The molecule has 0 atom stereocenters. The van der Waals surface area contributed by atoms with E-state index < -0.39 is 5.97 Å². The minimum atomic E-state index is -0.391. The highest BCUT2D eigenvalue weighted by Gasteiger charge is 2.27. The molecule has 31 heavy (non-hydrogen) atoms. The Kier molecular flexibility index (Phi) is 8.06. The summed E-state index contributed by atoms with van der Waals surface area (Å²) in [4.78, 5) is 38.3. The largest absolute Gasteiger partial charge is 0.462 e. The second kappa shape index (κ2) is 10.9. The van der Waals surface area contributed by atoms with Gasteiger partial charge in [0.2, 0.25) is 5.91 Å². The van der Waals surface area contributed by atoms with Gasteiger partial charge in [0, 0.05) is 10.6 Å². The van der Waals surface area contributed by atoms with E-state index in [1.165, 1.54) is 11.3 Å². The van der Waals surface area contributed by atoms with Crippen LogP contribution in [0.25, 0.3) is 0 Å². The summed E-state index contributed by atoms with van der Waals surface area (Å²) in [5.74, 6) is -1.05. The number of anilines is 2. The van der Waals surface area contributed by atoms with E-state index in [1.807, 2.05) is 6.92 Å². The molecule has 8 heteroatoms. The topological polar surface area (TPSA) is 93.7 Å². The predicted octanol–water partition coefficient (Wildman–Crippen LogP) is 4.42. The van der Waals surface area contributed by atoms with E-state index >= 15 is 0 Å². The van der Waals surface area contributed by atoms with Crippen molar-refractivity contribution in [2.75, 3.05) is 30.4 Å². The van der Waals surface area contributed by atoms with Gasteiger partial charge in [0.05, 0.1) is 30.9 Å². The summed E-state index contributed by atoms with van der Waals surface area (Å²) in [7, 11) is 0. The summed E-state index contributed by atoms with van der Waals surface area (Å²) < 4.78 is 10.4. The van der Waals surface area contributed by atoms with E-state index in [-0.39, 0.29) is 25.0 Å². The van der Waals surface area contributed by atoms with Crippen LogP contribution in [0, 0.1) is 0 Å². The van der Waals surface area contributed by atoms with Crippen molar-refractivity contribution in [3.8, 4) is 0 Å². The van der Waals surface area contributed by atoms with Crippen molar-refractivity contribution in [2.24, 2.45) is 0 Å². The quantitative estimate of drug-likeness (QED) is 0.556. The Hall–Kier alpha value is -2.87. The van der Waals surface area contributed by atoms with E-state index in [0.717, 1.165) is 42.5 Å². The van der Waals surface area contributed by atoms with Gasteiger partial charge in [0.15, 0.2) is 0 Å². The van der Waals surface area contributed by atoms with Crippen LogP contribution in [0.4, 0.5) is 10.7 Å². The zero-order chi connectivity index (χ0) is 22.2. The molecule has 2 aromatic rings. The lowest BCUT2D eigenvalue weighted by Gasteiger charge is -2.12. The molecule has 0 unspecified atom stereocenters. The molecule has 1 heterocycles. The van der Waals surface area contributed by atoms with Gasteiger partial charge < -0.3 is 20.1 Å². The zero-order valence-electron chi connectivity index (χ0n) is 17.9. The molecule has 2 N–H and O–H groups in total. The maximum absolute atomic E-state index is 12.6. The number of hydrogen-bond acceptors (Lipinski definition) is 7. The number of thiophene rings is 1. The van der Waals surface area contributed by atoms with E-state index in [0.29, 0.717) is 28.4 Å². The first-order valence-corrected chi connectivity index (χ1v) is 11.5. The molecule has 0 spiro atoms. The Bertz CT molecular complexity index is 953. The lowest BCUT2D eigenvalue weighted by molar-refractivity contribution is -0.114. The van der Waals surface area contributed by atoms with Gasteiger partial charge in [-0.25, -0.2) is 9.59 Å². The van der Waals surface area contributed by atoms with Crippen LogP contribution >= 0.6 is 11.3 Å². The van der Waals surface area contributed by atoms with Gasteiger partial charge in [-0.2, -0.15) is 0 Å². The molecule has 1 aromatic heterocycles. The molecule has 0 saturated heterocycles. The standard InChI is InChI=1S/C23H28N2O5S/c1-3-12-30-22(27)15-8-7-9-16(13-15)24-14-19(26)25-21-20(23(28)29-4-2)17-10-5-6-11-18(17)31-21/h7-9,13,24H,3-6,10-12,14H2,1-2H3,(H,25,26). The number of amides is 1. The minimum absolute atomic E-state index is 0.00169. The number of fused-ring (bicyclic) bond motifs is 1. The molecule has 0 radical (unpaired) electrons. The highest BCUT2D eigenvalue weighted by molar-refractivity contribution is 7.17. The first-order chi connectivity index (χ1) is 15.0. The van der Waals surface area contributed by atoms with Crippen molar-refractivity contribution in [1.82, 2.24) is 0 Å². The summed E-state index contributed by atoms with van der Waals surface area (Å²) in [6, 6.07) is 6.83. The van der Waals surface area contributed by atoms with Crippen molar-refractivity contribution < 1.29 is 23.9 Å². The first kappa shape index (κ1) is 22.8. The van der Waals surface area contributed by atoms with E-state index in [9.17, 15) is 14.4 Å². The van der Waals surface area contributed by atoms with Gasteiger partial charge in [-0.05, 0) is 62.8 Å². The lowest BCUT2D eigenvalue weighted by Crippen LogP contribution is -2.23. The van der Waals surface area contributed by atoms with Crippen LogP contribution < -0.4 is 10.6 Å². The molecule has 0 aliphatic heterocycles. The smallest absolute Gasteiger partial charge is 0.341 e. The minimum Gasteiger partial charge on any atom is -0.462 e. The molecule has 3 rings (SSSR count). The summed E-state index contributed by atoms with van der Waals surface area (Å²) >= 11 is 1.46. The van der Waals surface area contributed by atoms with Crippen molar-refractivity contribution in [2.45, 2.75) is 46.0 Å². The Morgan fingerprint density at radius 3 is 2.65 bits per heavy atom. The number of aryl methyl sites for hydroxylation is 1. The molecular weight excluding hydrogens is 416 g/mol. The third-order valence-corrected chi connectivity index (χ3v) is 6.10. The van der Waals surface area contributed by atoms with Crippen molar-refractivity contribution in [3.05, 3.63) is 45.8 Å². The molecule has 0 bridgehead atoms. The lowest BCUT2D eigenvalue weighted by atomic mass is 9.95. The molecule has 0 saturated carbocycles. The normalized spacial score (nSPS) is 12.6. The Labute approximate surface area is 186 Å². The van der Waals surface area contributed by atoms with Crippen LogP contribution in [-0.2, 0) is 27.1 Å². The molecule has 1 amide bonds. The zero-order valence-corrected chi connectivity index (χ0v) is 18.7. The number of carbonyl (C=O) groups excluding carboxylic acids is 3. The summed E-state index contributed by atoms with van der Waals surface area (Å²) in [5, 5.41) is 6.44. The van der Waals surface area contributed by atoms with Gasteiger partial charge in [-0.1, -0.05) is 13.0 Å². The van der Waals surface area contributed by atoms with Gasteiger partial charge in [0.25, 0.3) is 0 Å². The van der Waals surface area contributed by atoms with Crippen LogP contribution in [0.2, 0.25) is 0 Å². The number of rotatable bonds is 9.